The molecule has 4 nitrogen and oxygen atoms in total. The zero-order valence-electron chi connectivity index (χ0n) is 11.3. The van der Waals surface area contributed by atoms with E-state index in [1.54, 1.807) is 6.20 Å². The molecule has 1 atom stereocenters. The number of hydrogen-bond acceptors (Lipinski definition) is 4. The van der Waals surface area contributed by atoms with Crippen molar-refractivity contribution in [1.29, 1.82) is 0 Å². The highest BCUT2D eigenvalue weighted by molar-refractivity contribution is 5.39. The van der Waals surface area contributed by atoms with Gasteiger partial charge in [0.2, 0.25) is 0 Å². The average Bonchev–Trinajstić information content (AvgIpc) is 2.43. The van der Waals surface area contributed by atoms with Crippen molar-refractivity contribution in [3.05, 3.63) is 53.5 Å². The third kappa shape index (κ3) is 3.76. The molecule has 0 aliphatic carbocycles. The third-order valence-electron chi connectivity index (χ3n) is 2.97. The van der Waals surface area contributed by atoms with Gasteiger partial charge >= 0.3 is 0 Å². The van der Waals surface area contributed by atoms with E-state index in [0.29, 0.717) is 13.0 Å². The van der Waals surface area contributed by atoms with E-state index in [4.69, 9.17) is 0 Å². The Hall–Kier alpha value is -1.94. The quantitative estimate of drug-likeness (QED) is 0.864. The molecule has 1 heterocycles. The molecule has 100 valence electrons. The fourth-order valence-electron chi connectivity index (χ4n) is 1.87. The molecule has 0 saturated heterocycles. The van der Waals surface area contributed by atoms with Crippen LogP contribution in [0.4, 0.5) is 5.82 Å². The summed E-state index contributed by atoms with van der Waals surface area (Å²) in [6.45, 7) is 4.49. The van der Waals surface area contributed by atoms with Crippen LogP contribution in [0.15, 0.2) is 36.5 Å². The zero-order chi connectivity index (χ0) is 13.7. The first-order valence-electron chi connectivity index (χ1n) is 6.44. The Kier molecular flexibility index (Phi) is 4.47. The normalized spacial score (nSPS) is 12.2. The Bertz CT molecular complexity index is 528. The molecule has 0 aliphatic heterocycles. The van der Waals surface area contributed by atoms with Crippen LogP contribution in [0.3, 0.4) is 0 Å². The zero-order valence-corrected chi connectivity index (χ0v) is 11.3. The van der Waals surface area contributed by atoms with Crippen LogP contribution in [0.25, 0.3) is 0 Å². The third-order valence-corrected chi connectivity index (χ3v) is 2.97. The first kappa shape index (κ1) is 13.5. The molecule has 4 heteroatoms. The highest BCUT2D eigenvalue weighted by Gasteiger charge is 2.07. The highest BCUT2D eigenvalue weighted by atomic mass is 16.3. The Morgan fingerprint density at radius 3 is 2.68 bits per heavy atom. The van der Waals surface area contributed by atoms with Crippen molar-refractivity contribution in [2.75, 3.05) is 11.9 Å². The molecule has 2 rings (SSSR count). The van der Waals surface area contributed by atoms with Gasteiger partial charge in [0.25, 0.3) is 0 Å². The number of aliphatic hydroxyl groups is 1. The van der Waals surface area contributed by atoms with Crippen LogP contribution in [0.2, 0.25) is 0 Å². The molecule has 19 heavy (non-hydrogen) atoms. The van der Waals surface area contributed by atoms with Gasteiger partial charge in [0.05, 0.1) is 17.5 Å². The minimum atomic E-state index is -0.452. The van der Waals surface area contributed by atoms with Crippen molar-refractivity contribution >= 4 is 5.82 Å². The molecule has 0 radical (unpaired) electrons. The minimum absolute atomic E-state index is 0.452. The average molecular weight is 257 g/mol. The number of anilines is 1. The first-order valence-corrected chi connectivity index (χ1v) is 6.44. The van der Waals surface area contributed by atoms with Crippen LogP contribution in [0.1, 0.15) is 29.5 Å². The summed E-state index contributed by atoms with van der Waals surface area (Å²) in [6, 6.07) is 9.68. The van der Waals surface area contributed by atoms with Gasteiger partial charge in [0.1, 0.15) is 5.82 Å². The second-order valence-electron chi connectivity index (χ2n) is 4.59. The van der Waals surface area contributed by atoms with Crippen LogP contribution in [0.5, 0.6) is 0 Å². The number of nitrogens with one attached hydrogen (secondary N) is 1. The molecule has 0 aliphatic rings. The molecular weight excluding hydrogens is 238 g/mol. The second-order valence-corrected chi connectivity index (χ2v) is 4.59. The molecule has 0 saturated carbocycles. The number of nitrogens with zero attached hydrogens (tertiary/aromatic N) is 2. The Morgan fingerprint density at radius 1 is 1.21 bits per heavy atom. The number of hydrogen-bond donors (Lipinski definition) is 2. The van der Waals surface area contributed by atoms with Crippen LogP contribution < -0.4 is 5.32 Å². The van der Waals surface area contributed by atoms with Gasteiger partial charge in [-0.1, -0.05) is 30.3 Å². The standard InChI is InChI=1S/C15H19N3O/c1-11-10-17-12(2)15(18-11)16-9-8-14(19)13-6-4-3-5-7-13/h3-7,10,14,19H,8-9H2,1-2H3,(H,16,18). The van der Waals surface area contributed by atoms with Crippen molar-refractivity contribution in [3.63, 3.8) is 0 Å². The van der Waals surface area contributed by atoms with E-state index in [-0.39, 0.29) is 0 Å². The number of aliphatic hydroxyl groups excluding tert-OH is 1. The molecule has 0 bridgehead atoms. The van der Waals surface area contributed by atoms with Gasteiger partial charge in [-0.3, -0.25) is 4.98 Å². The summed E-state index contributed by atoms with van der Waals surface area (Å²) in [5, 5.41) is 13.3. The molecule has 1 aromatic carbocycles. The summed E-state index contributed by atoms with van der Waals surface area (Å²) in [6.07, 6.45) is 1.94. The van der Waals surface area contributed by atoms with Gasteiger partial charge in [0, 0.05) is 12.7 Å². The van der Waals surface area contributed by atoms with Gasteiger partial charge in [-0.2, -0.15) is 0 Å². The molecule has 2 N–H and O–H groups in total. The van der Waals surface area contributed by atoms with Gasteiger partial charge in [0.15, 0.2) is 0 Å². The highest BCUT2D eigenvalue weighted by Crippen LogP contribution is 2.16. The van der Waals surface area contributed by atoms with Gasteiger partial charge in [-0.15, -0.1) is 0 Å². The lowest BCUT2D eigenvalue weighted by Gasteiger charge is -2.13. The first-order chi connectivity index (χ1) is 9.16. The lowest BCUT2D eigenvalue weighted by Crippen LogP contribution is -2.10. The number of rotatable bonds is 5. The minimum Gasteiger partial charge on any atom is -0.388 e. The predicted octanol–water partition coefficient (Wildman–Crippen LogP) is 2.63. The van der Waals surface area contributed by atoms with E-state index in [1.165, 1.54) is 0 Å². The largest absolute Gasteiger partial charge is 0.388 e. The molecular formula is C15H19N3O. The van der Waals surface area contributed by atoms with E-state index in [2.05, 4.69) is 15.3 Å². The lowest BCUT2D eigenvalue weighted by atomic mass is 10.1. The monoisotopic (exact) mass is 257 g/mol. The molecule has 0 spiro atoms. The fraction of sp³-hybridized carbons (Fsp3) is 0.333. The van der Waals surface area contributed by atoms with E-state index < -0.39 is 6.10 Å². The predicted molar refractivity (Wildman–Crippen MR) is 76.0 cm³/mol. The Balaban J connectivity index is 1.88. The maximum atomic E-state index is 10.0. The van der Waals surface area contributed by atoms with Crippen molar-refractivity contribution in [2.45, 2.75) is 26.4 Å². The SMILES string of the molecule is Cc1cnc(C)c(NCCC(O)c2ccccc2)n1. The molecule has 1 unspecified atom stereocenters. The molecule has 1 aromatic heterocycles. The van der Waals surface area contributed by atoms with E-state index in [9.17, 15) is 5.11 Å². The van der Waals surface area contributed by atoms with Crippen LogP contribution >= 0.6 is 0 Å². The summed E-state index contributed by atoms with van der Waals surface area (Å²) >= 11 is 0. The van der Waals surface area contributed by atoms with Crippen molar-refractivity contribution < 1.29 is 5.11 Å². The summed E-state index contributed by atoms with van der Waals surface area (Å²) < 4.78 is 0. The van der Waals surface area contributed by atoms with Crippen LogP contribution in [-0.4, -0.2) is 21.6 Å². The van der Waals surface area contributed by atoms with Crippen molar-refractivity contribution in [1.82, 2.24) is 9.97 Å². The van der Waals surface area contributed by atoms with E-state index in [1.807, 2.05) is 44.2 Å². The van der Waals surface area contributed by atoms with Gasteiger partial charge in [-0.05, 0) is 25.8 Å². The number of aromatic nitrogens is 2. The van der Waals surface area contributed by atoms with Crippen molar-refractivity contribution in [3.8, 4) is 0 Å². The summed E-state index contributed by atoms with van der Waals surface area (Å²) in [5.74, 6) is 0.792. The van der Waals surface area contributed by atoms with E-state index >= 15 is 0 Å². The number of benzene rings is 1. The molecule has 0 fully saturated rings. The van der Waals surface area contributed by atoms with Crippen LogP contribution in [0, 0.1) is 13.8 Å². The Morgan fingerprint density at radius 2 is 1.95 bits per heavy atom. The Labute approximate surface area is 113 Å². The van der Waals surface area contributed by atoms with E-state index in [0.717, 1.165) is 22.8 Å². The maximum absolute atomic E-state index is 10.0. The second kappa shape index (κ2) is 6.29. The maximum Gasteiger partial charge on any atom is 0.147 e. The smallest absolute Gasteiger partial charge is 0.147 e. The fourth-order valence-corrected chi connectivity index (χ4v) is 1.87. The molecule has 2 aromatic rings. The topological polar surface area (TPSA) is 58.0 Å². The van der Waals surface area contributed by atoms with Gasteiger partial charge in [-0.25, -0.2) is 4.98 Å². The van der Waals surface area contributed by atoms with Crippen molar-refractivity contribution in [2.24, 2.45) is 0 Å². The number of aryl methyl sites for hydroxylation is 2. The van der Waals surface area contributed by atoms with Crippen LogP contribution in [-0.2, 0) is 0 Å². The summed E-state index contributed by atoms with van der Waals surface area (Å²) in [4.78, 5) is 8.63. The summed E-state index contributed by atoms with van der Waals surface area (Å²) in [7, 11) is 0. The summed E-state index contributed by atoms with van der Waals surface area (Å²) in [5.41, 5.74) is 2.70. The lowest BCUT2D eigenvalue weighted by molar-refractivity contribution is 0.171. The van der Waals surface area contributed by atoms with Gasteiger partial charge < -0.3 is 10.4 Å². The molecule has 0 amide bonds.